The molecule has 0 spiro atoms. The van der Waals surface area contributed by atoms with Gasteiger partial charge in [0.2, 0.25) is 0 Å². The molecule has 0 aliphatic rings. The predicted molar refractivity (Wildman–Crippen MR) is 142 cm³/mol. The second-order valence-corrected chi connectivity index (χ2v) is 9.88. The van der Waals surface area contributed by atoms with Crippen LogP contribution in [0, 0.1) is 5.82 Å². The van der Waals surface area contributed by atoms with Crippen molar-refractivity contribution in [2.45, 2.75) is 58.5 Å². The van der Waals surface area contributed by atoms with Gasteiger partial charge in [-0.05, 0) is 64.4 Å². The lowest BCUT2D eigenvalue weighted by Crippen LogP contribution is -2.14. The molecule has 5 heteroatoms. The molecule has 3 aromatic carbocycles. The van der Waals surface area contributed by atoms with E-state index in [9.17, 15) is 14.3 Å². The van der Waals surface area contributed by atoms with Crippen molar-refractivity contribution in [1.29, 1.82) is 0 Å². The highest BCUT2D eigenvalue weighted by Gasteiger charge is 2.22. The van der Waals surface area contributed by atoms with Crippen LogP contribution in [0.2, 0.25) is 0 Å². The minimum Gasteiger partial charge on any atom is -0.497 e. The Balaban J connectivity index is 1.87. The first kappa shape index (κ1) is 27.0. The molecule has 190 valence electrons. The second-order valence-electron chi connectivity index (χ2n) is 9.88. The van der Waals surface area contributed by atoms with Gasteiger partial charge in [0.05, 0.1) is 13.5 Å². The number of methoxy groups -OCH3 is 1. The first-order chi connectivity index (χ1) is 17.1. The molecule has 36 heavy (non-hydrogen) atoms. The van der Waals surface area contributed by atoms with Crippen molar-refractivity contribution in [3.63, 3.8) is 0 Å². The van der Waals surface area contributed by atoms with Crippen molar-refractivity contribution in [1.82, 2.24) is 0 Å². The average molecular weight is 491 g/mol. The third-order valence-electron chi connectivity index (χ3n) is 6.05. The summed E-state index contributed by atoms with van der Waals surface area (Å²) < 4.78 is 26.2. The van der Waals surface area contributed by atoms with Crippen molar-refractivity contribution in [3.05, 3.63) is 95.3 Å². The highest BCUT2D eigenvalue weighted by molar-refractivity contribution is 5.71. The SMILES string of the molecule is CC/C=C\[C@@H](CC(=O)O)c1cccc(OCc2ccc(-c3cc(OC)ccc3F)c(C(C)(C)C)c2)c1. The van der Waals surface area contributed by atoms with E-state index >= 15 is 0 Å². The van der Waals surface area contributed by atoms with E-state index in [2.05, 4.69) is 26.8 Å². The Kier molecular flexibility index (Phi) is 8.92. The molecule has 0 aliphatic heterocycles. The molecule has 0 saturated carbocycles. The Bertz CT molecular complexity index is 1220. The van der Waals surface area contributed by atoms with Crippen LogP contribution in [0.15, 0.2) is 72.8 Å². The van der Waals surface area contributed by atoms with Crippen LogP contribution in [0.1, 0.15) is 63.1 Å². The molecule has 0 unspecified atom stereocenters. The summed E-state index contributed by atoms with van der Waals surface area (Å²) in [5.74, 6) is -0.0680. The molecule has 0 radical (unpaired) electrons. The van der Waals surface area contributed by atoms with E-state index in [1.807, 2.05) is 55.5 Å². The van der Waals surface area contributed by atoms with Gasteiger partial charge in [0, 0.05) is 11.5 Å². The van der Waals surface area contributed by atoms with Gasteiger partial charge in [-0.3, -0.25) is 4.79 Å². The Morgan fingerprint density at radius 3 is 2.47 bits per heavy atom. The van der Waals surface area contributed by atoms with Gasteiger partial charge in [-0.15, -0.1) is 0 Å². The molecular weight excluding hydrogens is 455 g/mol. The Morgan fingerprint density at radius 2 is 1.81 bits per heavy atom. The van der Waals surface area contributed by atoms with Gasteiger partial charge in [0.25, 0.3) is 0 Å². The normalized spacial score (nSPS) is 12.5. The third-order valence-corrected chi connectivity index (χ3v) is 6.05. The minimum absolute atomic E-state index is 0.0250. The van der Waals surface area contributed by atoms with Crippen LogP contribution in [-0.2, 0) is 16.8 Å². The first-order valence-electron chi connectivity index (χ1n) is 12.2. The van der Waals surface area contributed by atoms with E-state index in [0.29, 0.717) is 23.7 Å². The summed E-state index contributed by atoms with van der Waals surface area (Å²) in [6.45, 7) is 8.66. The fourth-order valence-electron chi connectivity index (χ4n) is 4.16. The molecule has 3 aromatic rings. The standard InChI is InChI=1S/C31H35FO4/c1-6-7-9-23(18-30(33)34)22-10-8-11-25(17-22)36-20-21-12-14-26(28(16-21)31(2,3)4)27-19-24(35-5)13-15-29(27)32/h7-17,19,23H,6,18,20H2,1-5H3,(H,33,34)/b9-7-/t23-/m0/s1. The topological polar surface area (TPSA) is 55.8 Å². The Morgan fingerprint density at radius 1 is 1.03 bits per heavy atom. The molecule has 0 heterocycles. The number of benzene rings is 3. The van der Waals surface area contributed by atoms with Crippen LogP contribution in [0.25, 0.3) is 11.1 Å². The molecule has 3 rings (SSSR count). The van der Waals surface area contributed by atoms with Crippen LogP contribution >= 0.6 is 0 Å². The lowest BCUT2D eigenvalue weighted by molar-refractivity contribution is -0.137. The molecule has 0 aromatic heterocycles. The van der Waals surface area contributed by atoms with Gasteiger partial charge in [0.15, 0.2) is 0 Å². The van der Waals surface area contributed by atoms with Gasteiger partial charge in [-0.25, -0.2) is 4.39 Å². The van der Waals surface area contributed by atoms with E-state index in [1.165, 1.54) is 6.07 Å². The lowest BCUT2D eigenvalue weighted by atomic mass is 9.81. The highest BCUT2D eigenvalue weighted by atomic mass is 19.1. The zero-order chi connectivity index (χ0) is 26.3. The second kappa shape index (κ2) is 11.9. The van der Waals surface area contributed by atoms with Crippen LogP contribution < -0.4 is 9.47 Å². The van der Waals surface area contributed by atoms with Gasteiger partial charge in [0.1, 0.15) is 23.9 Å². The van der Waals surface area contributed by atoms with Crippen molar-refractivity contribution in [3.8, 4) is 22.6 Å². The maximum atomic E-state index is 14.8. The monoisotopic (exact) mass is 490 g/mol. The zero-order valence-corrected chi connectivity index (χ0v) is 21.7. The minimum atomic E-state index is -0.839. The fraction of sp³-hybridized carbons (Fsp3) is 0.323. The number of ether oxygens (including phenoxy) is 2. The van der Waals surface area contributed by atoms with Crippen molar-refractivity contribution in [2.75, 3.05) is 7.11 Å². The number of carboxylic acids is 1. The number of aliphatic carboxylic acids is 1. The number of allylic oxidation sites excluding steroid dienone is 2. The average Bonchev–Trinajstić information content (AvgIpc) is 2.85. The summed E-state index contributed by atoms with van der Waals surface area (Å²) in [6.07, 6.45) is 4.80. The maximum Gasteiger partial charge on any atom is 0.304 e. The predicted octanol–water partition coefficient (Wildman–Crippen LogP) is 7.90. The highest BCUT2D eigenvalue weighted by Crippen LogP contribution is 2.37. The van der Waals surface area contributed by atoms with E-state index < -0.39 is 5.97 Å². The number of halogens is 1. The van der Waals surface area contributed by atoms with Gasteiger partial charge in [-0.2, -0.15) is 0 Å². The van der Waals surface area contributed by atoms with Crippen LogP contribution in [0.5, 0.6) is 11.5 Å². The zero-order valence-electron chi connectivity index (χ0n) is 21.7. The number of hydrogen-bond donors (Lipinski definition) is 1. The summed E-state index contributed by atoms with van der Waals surface area (Å²) in [5, 5.41) is 9.31. The van der Waals surface area contributed by atoms with E-state index in [0.717, 1.165) is 28.7 Å². The van der Waals surface area contributed by atoms with Gasteiger partial charge < -0.3 is 14.6 Å². The number of carboxylic acid groups (broad SMARTS) is 1. The first-order valence-corrected chi connectivity index (χ1v) is 12.2. The van der Waals surface area contributed by atoms with Crippen molar-refractivity contribution < 1.29 is 23.8 Å². The van der Waals surface area contributed by atoms with Gasteiger partial charge in [-0.1, -0.05) is 70.2 Å². The largest absolute Gasteiger partial charge is 0.497 e. The smallest absolute Gasteiger partial charge is 0.304 e. The van der Waals surface area contributed by atoms with Crippen molar-refractivity contribution in [2.24, 2.45) is 0 Å². The van der Waals surface area contributed by atoms with E-state index in [4.69, 9.17) is 9.47 Å². The molecular formula is C31H35FO4. The molecule has 0 fully saturated rings. The van der Waals surface area contributed by atoms with E-state index in [-0.39, 0.29) is 23.6 Å². The van der Waals surface area contributed by atoms with Crippen LogP contribution in [0.3, 0.4) is 0 Å². The number of rotatable bonds is 10. The molecule has 4 nitrogen and oxygen atoms in total. The number of hydrogen-bond acceptors (Lipinski definition) is 3. The summed E-state index contributed by atoms with van der Waals surface area (Å²) in [6, 6.07) is 18.3. The summed E-state index contributed by atoms with van der Waals surface area (Å²) in [5.41, 5.74) is 3.98. The lowest BCUT2D eigenvalue weighted by Gasteiger charge is -2.24. The van der Waals surface area contributed by atoms with Gasteiger partial charge >= 0.3 is 5.97 Å². The number of carbonyl (C=O) groups is 1. The molecule has 0 amide bonds. The Labute approximate surface area is 213 Å². The summed E-state index contributed by atoms with van der Waals surface area (Å²) in [7, 11) is 1.57. The van der Waals surface area contributed by atoms with E-state index in [1.54, 1.807) is 19.2 Å². The molecule has 1 atom stereocenters. The summed E-state index contributed by atoms with van der Waals surface area (Å²) in [4.78, 5) is 11.3. The fourth-order valence-corrected chi connectivity index (χ4v) is 4.16. The summed E-state index contributed by atoms with van der Waals surface area (Å²) >= 11 is 0. The molecule has 0 saturated heterocycles. The van der Waals surface area contributed by atoms with Crippen LogP contribution in [0.4, 0.5) is 4.39 Å². The maximum absolute atomic E-state index is 14.8. The molecule has 1 N–H and O–H groups in total. The molecule has 0 bridgehead atoms. The quantitative estimate of drug-likeness (QED) is 0.294. The third kappa shape index (κ3) is 6.97. The molecule has 0 aliphatic carbocycles. The van der Waals surface area contributed by atoms with Crippen molar-refractivity contribution >= 4 is 5.97 Å². The van der Waals surface area contributed by atoms with Crippen LogP contribution in [-0.4, -0.2) is 18.2 Å². The Hall–Kier alpha value is -3.60.